The lowest BCUT2D eigenvalue weighted by Crippen LogP contribution is -2.31. The third kappa shape index (κ3) is 4.10. The molecule has 1 aromatic heterocycles. The van der Waals surface area contributed by atoms with Crippen molar-refractivity contribution in [2.75, 3.05) is 0 Å². The Morgan fingerprint density at radius 3 is 2.32 bits per heavy atom. The van der Waals surface area contributed by atoms with Crippen molar-refractivity contribution in [1.82, 2.24) is 4.57 Å². The van der Waals surface area contributed by atoms with Crippen LogP contribution in [0.25, 0.3) is 0 Å². The van der Waals surface area contributed by atoms with Crippen molar-refractivity contribution >= 4 is 11.6 Å². The van der Waals surface area contributed by atoms with E-state index in [1.165, 1.54) is 0 Å². The van der Waals surface area contributed by atoms with Crippen molar-refractivity contribution in [1.29, 1.82) is 0 Å². The molecule has 8 heteroatoms. The first-order valence-electron chi connectivity index (χ1n) is 7.67. The summed E-state index contributed by atoms with van der Waals surface area (Å²) in [4.78, 5) is 33.8. The number of rotatable bonds is 6. The lowest BCUT2D eigenvalue weighted by atomic mass is 10.00. The first-order valence-corrected chi connectivity index (χ1v) is 7.67. The molecule has 3 N–H and O–H groups in total. The summed E-state index contributed by atoms with van der Waals surface area (Å²) in [6, 6.07) is 8.04. The highest BCUT2D eigenvalue weighted by Gasteiger charge is 2.19. The standard InChI is InChI=1S/C17H19N3O5/c1-10(2)11-3-5-12(6-4-11)15(21)9-19-8-13(20(24)25)7-14(16(18)22)17(19)23/h3-8,10,15,21H,9H2,1-2H3,(H2,18,22)/t15-/m1/s1. The van der Waals surface area contributed by atoms with Gasteiger partial charge in [-0.3, -0.25) is 19.7 Å². The summed E-state index contributed by atoms with van der Waals surface area (Å²) < 4.78 is 0.930. The smallest absolute Gasteiger partial charge is 0.286 e. The van der Waals surface area contributed by atoms with Gasteiger partial charge in [-0.25, -0.2) is 0 Å². The Morgan fingerprint density at radius 1 is 1.28 bits per heavy atom. The molecule has 2 rings (SSSR count). The molecule has 1 heterocycles. The van der Waals surface area contributed by atoms with Gasteiger partial charge >= 0.3 is 0 Å². The van der Waals surface area contributed by atoms with E-state index in [1.54, 1.807) is 12.1 Å². The van der Waals surface area contributed by atoms with Gasteiger partial charge in [0.05, 0.1) is 23.8 Å². The molecule has 0 spiro atoms. The molecule has 0 bridgehead atoms. The van der Waals surface area contributed by atoms with Crippen LogP contribution in [0.2, 0.25) is 0 Å². The maximum atomic E-state index is 12.2. The zero-order valence-electron chi connectivity index (χ0n) is 13.9. The Balaban J connectivity index is 2.36. The molecule has 0 saturated heterocycles. The van der Waals surface area contributed by atoms with E-state index in [-0.39, 0.29) is 6.54 Å². The number of nitrogens with zero attached hydrogens (tertiary/aromatic N) is 2. The molecule has 2 aromatic rings. The quantitative estimate of drug-likeness (QED) is 0.608. The molecule has 1 aromatic carbocycles. The number of hydrogen-bond donors (Lipinski definition) is 2. The van der Waals surface area contributed by atoms with Crippen molar-refractivity contribution < 1.29 is 14.8 Å². The van der Waals surface area contributed by atoms with Gasteiger partial charge in [-0.05, 0) is 17.0 Å². The summed E-state index contributed by atoms with van der Waals surface area (Å²) in [6.07, 6.45) is -0.0813. The normalized spacial score (nSPS) is 12.2. The van der Waals surface area contributed by atoms with Gasteiger partial charge in [-0.1, -0.05) is 38.1 Å². The van der Waals surface area contributed by atoms with Crippen molar-refractivity contribution in [3.63, 3.8) is 0 Å². The van der Waals surface area contributed by atoms with Crippen LogP contribution in [0, 0.1) is 10.1 Å². The summed E-state index contributed by atoms with van der Waals surface area (Å²) in [5.74, 6) is -0.720. The Morgan fingerprint density at radius 2 is 1.84 bits per heavy atom. The lowest BCUT2D eigenvalue weighted by Gasteiger charge is -2.15. The van der Waals surface area contributed by atoms with Crippen LogP contribution in [-0.2, 0) is 6.54 Å². The average molecular weight is 345 g/mol. The first kappa shape index (κ1) is 18.3. The van der Waals surface area contributed by atoms with Gasteiger partial charge < -0.3 is 15.4 Å². The number of amides is 1. The van der Waals surface area contributed by atoms with E-state index in [1.807, 2.05) is 26.0 Å². The summed E-state index contributed by atoms with van der Waals surface area (Å²) in [6.45, 7) is 3.85. The lowest BCUT2D eigenvalue weighted by molar-refractivity contribution is -0.385. The second-order valence-corrected chi connectivity index (χ2v) is 6.03. The van der Waals surface area contributed by atoms with Gasteiger partial charge in [0, 0.05) is 6.07 Å². The Hall–Kier alpha value is -3.00. The molecule has 0 saturated carbocycles. The number of primary amides is 1. The van der Waals surface area contributed by atoms with Gasteiger partial charge in [-0.2, -0.15) is 0 Å². The predicted octanol–water partition coefficient (Wildman–Crippen LogP) is 1.71. The van der Waals surface area contributed by atoms with Crippen LogP contribution >= 0.6 is 0 Å². The summed E-state index contributed by atoms with van der Waals surface area (Å²) in [5, 5.41) is 21.3. The van der Waals surface area contributed by atoms with E-state index in [2.05, 4.69) is 0 Å². The van der Waals surface area contributed by atoms with E-state index in [0.717, 1.165) is 22.4 Å². The van der Waals surface area contributed by atoms with Crippen molar-refractivity contribution in [3.8, 4) is 0 Å². The fourth-order valence-electron chi connectivity index (χ4n) is 2.43. The minimum Gasteiger partial charge on any atom is -0.387 e. The van der Waals surface area contributed by atoms with Crippen LogP contribution in [0.4, 0.5) is 5.69 Å². The first-order chi connectivity index (χ1) is 11.7. The molecular weight excluding hydrogens is 326 g/mol. The van der Waals surface area contributed by atoms with Gasteiger partial charge in [0.1, 0.15) is 5.56 Å². The highest BCUT2D eigenvalue weighted by Crippen LogP contribution is 2.20. The van der Waals surface area contributed by atoms with Crippen molar-refractivity contribution in [3.05, 3.63) is 73.7 Å². The van der Waals surface area contributed by atoms with E-state index in [9.17, 15) is 24.8 Å². The van der Waals surface area contributed by atoms with Crippen LogP contribution in [0.5, 0.6) is 0 Å². The van der Waals surface area contributed by atoms with E-state index in [0.29, 0.717) is 11.5 Å². The van der Waals surface area contributed by atoms with E-state index in [4.69, 9.17) is 5.73 Å². The molecule has 0 unspecified atom stereocenters. The molecule has 1 atom stereocenters. The number of nitrogens with two attached hydrogens (primary N) is 1. The van der Waals surface area contributed by atoms with E-state index >= 15 is 0 Å². The van der Waals surface area contributed by atoms with Crippen LogP contribution in [0.1, 0.15) is 47.4 Å². The van der Waals surface area contributed by atoms with E-state index < -0.39 is 33.7 Å². The SMILES string of the molecule is CC(C)c1ccc([C@H](O)Cn2cc([N+](=O)[O-])cc(C(N)=O)c2=O)cc1. The molecular formula is C17H19N3O5. The van der Waals surface area contributed by atoms with Gasteiger partial charge in [-0.15, -0.1) is 0 Å². The number of carbonyl (C=O) groups excluding carboxylic acids is 1. The molecule has 0 radical (unpaired) electrons. The maximum absolute atomic E-state index is 12.2. The molecule has 0 aliphatic carbocycles. The molecule has 1 amide bonds. The van der Waals surface area contributed by atoms with Crippen LogP contribution in [-0.4, -0.2) is 20.5 Å². The Labute approximate surface area is 143 Å². The van der Waals surface area contributed by atoms with Crippen LogP contribution in [0.3, 0.4) is 0 Å². The number of carbonyl (C=O) groups is 1. The number of aromatic nitrogens is 1. The van der Waals surface area contributed by atoms with Crippen molar-refractivity contribution in [2.45, 2.75) is 32.4 Å². The summed E-state index contributed by atoms with van der Waals surface area (Å²) in [5.41, 5.74) is 5.04. The number of aliphatic hydroxyl groups excluding tert-OH is 1. The average Bonchev–Trinajstić information content (AvgIpc) is 2.56. The largest absolute Gasteiger partial charge is 0.387 e. The predicted molar refractivity (Wildman–Crippen MR) is 91.4 cm³/mol. The third-order valence-corrected chi connectivity index (χ3v) is 3.91. The van der Waals surface area contributed by atoms with Crippen molar-refractivity contribution in [2.24, 2.45) is 5.73 Å². The second kappa shape index (κ2) is 7.27. The summed E-state index contributed by atoms with van der Waals surface area (Å²) in [7, 11) is 0. The molecule has 25 heavy (non-hydrogen) atoms. The van der Waals surface area contributed by atoms with Gasteiger partial charge in [0.15, 0.2) is 0 Å². The number of benzene rings is 1. The topological polar surface area (TPSA) is 128 Å². The third-order valence-electron chi connectivity index (χ3n) is 3.91. The van der Waals surface area contributed by atoms with Crippen LogP contribution in [0.15, 0.2) is 41.3 Å². The highest BCUT2D eigenvalue weighted by molar-refractivity contribution is 5.92. The van der Waals surface area contributed by atoms with Crippen LogP contribution < -0.4 is 11.3 Å². The Kier molecular flexibility index (Phi) is 5.33. The molecule has 0 fully saturated rings. The maximum Gasteiger partial charge on any atom is 0.286 e. The minimum atomic E-state index is -1.07. The highest BCUT2D eigenvalue weighted by atomic mass is 16.6. The second-order valence-electron chi connectivity index (χ2n) is 6.03. The number of pyridine rings is 1. The fraction of sp³-hybridized carbons (Fsp3) is 0.294. The zero-order valence-corrected chi connectivity index (χ0v) is 13.9. The number of aliphatic hydroxyl groups is 1. The fourth-order valence-corrected chi connectivity index (χ4v) is 2.43. The number of nitro groups is 1. The molecule has 132 valence electrons. The molecule has 0 aliphatic rings. The molecule has 0 aliphatic heterocycles. The van der Waals surface area contributed by atoms with Gasteiger partial charge in [0.25, 0.3) is 17.2 Å². The van der Waals surface area contributed by atoms with Gasteiger partial charge in [0.2, 0.25) is 0 Å². The minimum absolute atomic E-state index is 0.234. The Bertz CT molecular complexity index is 856. The summed E-state index contributed by atoms with van der Waals surface area (Å²) >= 11 is 0. The number of hydrogen-bond acceptors (Lipinski definition) is 5. The zero-order chi connectivity index (χ0) is 18.7. The molecule has 8 nitrogen and oxygen atoms in total. The monoisotopic (exact) mass is 345 g/mol.